The molecule has 1 fully saturated rings. The second-order valence-electron chi connectivity index (χ2n) is 6.05. The van der Waals surface area contributed by atoms with Crippen molar-refractivity contribution >= 4 is 5.97 Å². The highest BCUT2D eigenvalue weighted by molar-refractivity contribution is 5.82. The number of hydrogen-bond donors (Lipinski definition) is 0. The second kappa shape index (κ2) is 6.91. The lowest BCUT2D eigenvalue weighted by Crippen LogP contribution is -2.52. The first-order chi connectivity index (χ1) is 10.8. The van der Waals surface area contributed by atoms with Crippen LogP contribution in [0.2, 0.25) is 0 Å². The maximum absolute atomic E-state index is 13.7. The fourth-order valence-corrected chi connectivity index (χ4v) is 3.11. The molecule has 1 saturated carbocycles. The van der Waals surface area contributed by atoms with Gasteiger partial charge in [0.25, 0.3) is 5.60 Å². The van der Waals surface area contributed by atoms with Crippen LogP contribution in [0.25, 0.3) is 0 Å². The molecule has 128 valence electrons. The van der Waals surface area contributed by atoms with E-state index in [0.29, 0.717) is 18.8 Å². The number of alkyl halides is 3. The first-order valence-corrected chi connectivity index (χ1v) is 7.69. The molecule has 1 aliphatic rings. The van der Waals surface area contributed by atoms with Gasteiger partial charge in [-0.15, -0.1) is 0 Å². The fraction of sp³-hybridized carbons (Fsp3) is 0.588. The van der Waals surface area contributed by atoms with Crippen LogP contribution in [0.5, 0.6) is 0 Å². The normalized spacial score (nSPS) is 24.7. The van der Waals surface area contributed by atoms with Crippen molar-refractivity contribution in [2.24, 2.45) is 5.92 Å². The van der Waals surface area contributed by atoms with Gasteiger partial charge in [-0.25, -0.2) is 4.79 Å². The highest BCUT2D eigenvalue weighted by Crippen LogP contribution is 2.43. The summed E-state index contributed by atoms with van der Waals surface area (Å²) in [6.45, 7) is 2.00. The second-order valence-corrected chi connectivity index (χ2v) is 6.05. The van der Waals surface area contributed by atoms with E-state index < -0.39 is 23.9 Å². The van der Waals surface area contributed by atoms with Gasteiger partial charge in [-0.2, -0.15) is 13.2 Å². The van der Waals surface area contributed by atoms with Crippen LogP contribution < -0.4 is 0 Å². The molecule has 1 aromatic carbocycles. The molecule has 3 nitrogen and oxygen atoms in total. The topological polar surface area (TPSA) is 35.5 Å². The smallest absolute Gasteiger partial charge is 0.432 e. The van der Waals surface area contributed by atoms with E-state index in [1.165, 1.54) is 24.3 Å². The molecule has 0 amide bonds. The van der Waals surface area contributed by atoms with Crippen molar-refractivity contribution in [2.75, 3.05) is 7.11 Å². The minimum absolute atomic E-state index is 0.274. The number of carbonyl (C=O) groups excluding carboxylic acids is 1. The van der Waals surface area contributed by atoms with Crippen LogP contribution in [-0.2, 0) is 19.9 Å². The van der Waals surface area contributed by atoms with Gasteiger partial charge in [0.15, 0.2) is 0 Å². The van der Waals surface area contributed by atoms with Crippen molar-refractivity contribution in [3.8, 4) is 0 Å². The van der Waals surface area contributed by atoms with E-state index in [9.17, 15) is 18.0 Å². The van der Waals surface area contributed by atoms with Crippen LogP contribution in [0, 0.1) is 5.92 Å². The minimum atomic E-state index is -4.92. The summed E-state index contributed by atoms with van der Waals surface area (Å²) in [5.74, 6) is -1.06. The molecular weight excluding hydrogens is 309 g/mol. The van der Waals surface area contributed by atoms with Gasteiger partial charge in [-0.05, 0) is 25.2 Å². The Morgan fingerprint density at radius 1 is 1.17 bits per heavy atom. The fourth-order valence-electron chi connectivity index (χ4n) is 3.11. The predicted octanol–water partition coefficient (Wildman–Crippen LogP) is 4.21. The first kappa shape index (κ1) is 17.8. The summed E-state index contributed by atoms with van der Waals surface area (Å²) >= 11 is 0. The summed E-state index contributed by atoms with van der Waals surface area (Å²) in [6.07, 6.45) is -2.40. The molecule has 0 spiro atoms. The number of esters is 1. The molecule has 0 bridgehead atoms. The monoisotopic (exact) mass is 330 g/mol. The van der Waals surface area contributed by atoms with Crippen LogP contribution in [0.4, 0.5) is 13.2 Å². The van der Waals surface area contributed by atoms with Crippen molar-refractivity contribution in [1.82, 2.24) is 0 Å². The molecule has 0 N–H and O–H groups in total. The Hall–Kier alpha value is -1.56. The van der Waals surface area contributed by atoms with Crippen LogP contribution >= 0.6 is 0 Å². The zero-order valence-electron chi connectivity index (χ0n) is 13.2. The average molecular weight is 330 g/mol. The number of rotatable bonds is 4. The molecule has 0 aromatic heterocycles. The highest BCUT2D eigenvalue weighted by Gasteiger charge is 2.64. The SMILES string of the molecule is COC(C(=O)OC1CCCC(C)C1)(c1ccccc1)C(F)(F)F. The summed E-state index contributed by atoms with van der Waals surface area (Å²) in [7, 11) is 0.880. The lowest BCUT2D eigenvalue weighted by molar-refractivity contribution is -0.278. The molecule has 6 heteroatoms. The van der Waals surface area contributed by atoms with E-state index in [-0.39, 0.29) is 5.56 Å². The summed E-state index contributed by atoms with van der Waals surface area (Å²) < 4.78 is 51.1. The van der Waals surface area contributed by atoms with Gasteiger partial charge < -0.3 is 9.47 Å². The molecule has 0 aliphatic heterocycles. The maximum atomic E-state index is 13.7. The number of carbonyl (C=O) groups is 1. The highest BCUT2D eigenvalue weighted by atomic mass is 19.4. The third kappa shape index (κ3) is 3.52. The summed E-state index contributed by atoms with van der Waals surface area (Å²) in [6, 6.07) is 6.90. The zero-order chi connectivity index (χ0) is 17.1. The van der Waals surface area contributed by atoms with Crippen molar-refractivity contribution in [3.63, 3.8) is 0 Å². The van der Waals surface area contributed by atoms with Crippen LogP contribution in [0.3, 0.4) is 0 Å². The summed E-state index contributed by atoms with van der Waals surface area (Å²) in [4.78, 5) is 12.5. The van der Waals surface area contributed by atoms with Gasteiger partial charge in [0.1, 0.15) is 6.10 Å². The molecule has 0 saturated heterocycles. The van der Waals surface area contributed by atoms with Gasteiger partial charge in [-0.1, -0.05) is 43.7 Å². The molecule has 3 atom stereocenters. The Kier molecular flexibility index (Phi) is 5.34. The van der Waals surface area contributed by atoms with E-state index in [4.69, 9.17) is 9.47 Å². The Morgan fingerprint density at radius 3 is 2.35 bits per heavy atom. The van der Waals surface area contributed by atoms with E-state index in [1.807, 2.05) is 6.92 Å². The van der Waals surface area contributed by atoms with Gasteiger partial charge >= 0.3 is 12.1 Å². The van der Waals surface area contributed by atoms with Crippen LogP contribution in [0.1, 0.15) is 38.2 Å². The lowest BCUT2D eigenvalue weighted by atomic mass is 9.88. The molecule has 0 radical (unpaired) electrons. The molecule has 3 unspecified atom stereocenters. The molecular formula is C17H21F3O3. The minimum Gasteiger partial charge on any atom is -0.460 e. The molecule has 23 heavy (non-hydrogen) atoms. The van der Waals surface area contributed by atoms with Crippen molar-refractivity contribution in [1.29, 1.82) is 0 Å². The van der Waals surface area contributed by atoms with E-state index >= 15 is 0 Å². The number of benzene rings is 1. The number of methoxy groups -OCH3 is 1. The number of hydrogen-bond acceptors (Lipinski definition) is 3. The zero-order valence-corrected chi connectivity index (χ0v) is 13.2. The average Bonchev–Trinajstić information content (AvgIpc) is 2.48. The third-order valence-corrected chi connectivity index (χ3v) is 4.34. The van der Waals surface area contributed by atoms with Gasteiger partial charge in [0.05, 0.1) is 0 Å². The van der Waals surface area contributed by atoms with Crippen molar-refractivity contribution < 1.29 is 27.4 Å². The number of halogens is 3. The van der Waals surface area contributed by atoms with Gasteiger partial charge in [0.2, 0.25) is 0 Å². The van der Waals surface area contributed by atoms with Crippen LogP contribution in [-0.4, -0.2) is 25.4 Å². The molecule has 2 rings (SSSR count). The van der Waals surface area contributed by atoms with Crippen molar-refractivity contribution in [2.45, 2.75) is 50.5 Å². The van der Waals surface area contributed by atoms with Crippen LogP contribution in [0.15, 0.2) is 30.3 Å². The first-order valence-electron chi connectivity index (χ1n) is 7.69. The van der Waals surface area contributed by atoms with Gasteiger partial charge in [-0.3, -0.25) is 0 Å². The van der Waals surface area contributed by atoms with Gasteiger partial charge in [0, 0.05) is 12.7 Å². The Labute approximate surface area is 133 Å². The molecule has 1 aliphatic carbocycles. The Bertz CT molecular complexity index is 530. The Morgan fingerprint density at radius 2 is 1.83 bits per heavy atom. The Balaban J connectivity index is 2.32. The number of ether oxygens (including phenoxy) is 2. The quantitative estimate of drug-likeness (QED) is 0.776. The largest absolute Gasteiger partial charge is 0.460 e. The molecule has 0 heterocycles. The predicted molar refractivity (Wildman–Crippen MR) is 78.7 cm³/mol. The molecule has 1 aromatic rings. The van der Waals surface area contributed by atoms with E-state index in [2.05, 4.69) is 0 Å². The lowest BCUT2D eigenvalue weighted by Gasteiger charge is -2.35. The summed E-state index contributed by atoms with van der Waals surface area (Å²) in [5, 5.41) is 0. The maximum Gasteiger partial charge on any atom is 0.432 e. The summed E-state index contributed by atoms with van der Waals surface area (Å²) in [5.41, 5.74) is -3.36. The van der Waals surface area contributed by atoms with E-state index in [0.717, 1.165) is 20.0 Å². The standard InChI is InChI=1S/C17H21F3O3/c1-12-7-6-10-14(11-12)23-15(21)16(22-2,17(18,19)20)13-8-4-3-5-9-13/h3-5,8-9,12,14H,6-7,10-11H2,1-2H3. The third-order valence-electron chi connectivity index (χ3n) is 4.34. The van der Waals surface area contributed by atoms with E-state index in [1.54, 1.807) is 6.07 Å². The van der Waals surface area contributed by atoms with Crippen molar-refractivity contribution in [3.05, 3.63) is 35.9 Å².